The van der Waals surface area contributed by atoms with Gasteiger partial charge in [0.1, 0.15) is 0 Å². The Bertz CT molecular complexity index is 263. The van der Waals surface area contributed by atoms with Gasteiger partial charge in [-0.2, -0.15) is 0 Å². The third kappa shape index (κ3) is 2.58. The van der Waals surface area contributed by atoms with Gasteiger partial charge in [0.2, 0.25) is 0 Å². The molecule has 2 aliphatic heterocycles. The molecule has 2 rings (SSSR count). The summed E-state index contributed by atoms with van der Waals surface area (Å²) < 4.78 is 5.20. The molecule has 2 bridgehead atoms. The second-order valence-corrected chi connectivity index (χ2v) is 5.82. The molecule has 2 aliphatic rings. The average molecular weight is 239 g/mol. The van der Waals surface area contributed by atoms with E-state index in [1.165, 1.54) is 32.1 Å². The van der Waals surface area contributed by atoms with E-state index in [1.807, 2.05) is 11.8 Å². The number of rotatable bonds is 2. The molecule has 2 unspecified atom stereocenters. The van der Waals surface area contributed by atoms with Crippen LogP contribution in [-0.4, -0.2) is 29.7 Å². The number of carbonyl (C=O) groups excluding carboxylic acids is 1. The van der Waals surface area contributed by atoms with Gasteiger partial charge in [-0.15, -0.1) is 0 Å². The van der Waals surface area contributed by atoms with Crippen LogP contribution in [-0.2, 0) is 4.74 Å². The molecule has 17 heavy (non-hydrogen) atoms. The third-order valence-electron chi connectivity index (χ3n) is 4.43. The molecule has 3 nitrogen and oxygen atoms in total. The van der Waals surface area contributed by atoms with Crippen LogP contribution in [0.5, 0.6) is 0 Å². The maximum atomic E-state index is 12.0. The summed E-state index contributed by atoms with van der Waals surface area (Å²) in [6.07, 6.45) is 5.87. The summed E-state index contributed by atoms with van der Waals surface area (Å²) in [5, 5.41) is 0. The summed E-state index contributed by atoms with van der Waals surface area (Å²) in [6.45, 7) is 6.98. The average Bonchev–Trinajstić information content (AvgIpc) is 2.27. The molecular weight excluding hydrogens is 214 g/mol. The largest absolute Gasteiger partial charge is 0.450 e. The standard InChI is InChI=1S/C14H25NO2/c1-4-17-14(16)15-12-6-5-7-13(15)9-11(8-12)10(2)3/h10-13H,4-9H2,1-3H3. The Kier molecular flexibility index (Phi) is 3.95. The lowest BCUT2D eigenvalue weighted by atomic mass is 9.74. The highest BCUT2D eigenvalue weighted by Crippen LogP contribution is 2.39. The topological polar surface area (TPSA) is 29.5 Å². The monoisotopic (exact) mass is 239 g/mol. The zero-order valence-electron chi connectivity index (χ0n) is 11.3. The number of piperidine rings is 2. The van der Waals surface area contributed by atoms with Gasteiger partial charge in [0.15, 0.2) is 0 Å². The molecule has 0 aliphatic carbocycles. The van der Waals surface area contributed by atoms with E-state index in [0.717, 1.165) is 11.8 Å². The Morgan fingerprint density at radius 2 is 1.88 bits per heavy atom. The van der Waals surface area contributed by atoms with E-state index in [4.69, 9.17) is 4.74 Å². The van der Waals surface area contributed by atoms with E-state index < -0.39 is 0 Å². The predicted octanol–water partition coefficient (Wildman–Crippen LogP) is 3.43. The smallest absolute Gasteiger partial charge is 0.410 e. The molecule has 0 radical (unpaired) electrons. The lowest BCUT2D eigenvalue weighted by molar-refractivity contribution is -0.000623. The zero-order chi connectivity index (χ0) is 12.4. The zero-order valence-corrected chi connectivity index (χ0v) is 11.3. The predicted molar refractivity (Wildman–Crippen MR) is 67.9 cm³/mol. The van der Waals surface area contributed by atoms with Crippen molar-refractivity contribution >= 4 is 6.09 Å². The van der Waals surface area contributed by atoms with Crippen molar-refractivity contribution in [2.45, 2.75) is 65.0 Å². The van der Waals surface area contributed by atoms with E-state index in [9.17, 15) is 4.79 Å². The van der Waals surface area contributed by atoms with E-state index in [0.29, 0.717) is 18.7 Å². The highest BCUT2D eigenvalue weighted by atomic mass is 16.6. The number of hydrogen-bond acceptors (Lipinski definition) is 2. The lowest BCUT2D eigenvalue weighted by Gasteiger charge is -2.49. The van der Waals surface area contributed by atoms with Crippen LogP contribution < -0.4 is 0 Å². The summed E-state index contributed by atoms with van der Waals surface area (Å²) >= 11 is 0. The number of hydrogen-bond donors (Lipinski definition) is 0. The van der Waals surface area contributed by atoms with Gasteiger partial charge in [0.05, 0.1) is 6.61 Å². The normalized spacial score (nSPS) is 32.7. The number of carbonyl (C=O) groups is 1. The first-order valence-corrected chi connectivity index (χ1v) is 7.08. The van der Waals surface area contributed by atoms with Gasteiger partial charge < -0.3 is 9.64 Å². The second kappa shape index (κ2) is 5.28. The number of amides is 1. The molecule has 0 aromatic carbocycles. The van der Waals surface area contributed by atoms with Crippen LogP contribution in [0.3, 0.4) is 0 Å². The summed E-state index contributed by atoms with van der Waals surface area (Å²) in [5.41, 5.74) is 0. The molecule has 0 aromatic heterocycles. The molecule has 0 spiro atoms. The molecule has 0 N–H and O–H groups in total. The first kappa shape index (κ1) is 12.7. The van der Waals surface area contributed by atoms with Crippen LogP contribution in [0.2, 0.25) is 0 Å². The van der Waals surface area contributed by atoms with Crippen LogP contribution in [0.4, 0.5) is 4.79 Å². The van der Waals surface area contributed by atoms with Gasteiger partial charge >= 0.3 is 6.09 Å². The van der Waals surface area contributed by atoms with Crippen LogP contribution in [0.25, 0.3) is 0 Å². The Labute approximate surface area is 105 Å². The molecule has 2 heterocycles. The van der Waals surface area contributed by atoms with Gasteiger partial charge in [-0.3, -0.25) is 0 Å². The SMILES string of the molecule is CCOC(=O)N1C2CCCC1CC(C(C)C)C2. The Morgan fingerprint density at radius 3 is 2.35 bits per heavy atom. The first-order chi connectivity index (χ1) is 8.13. The van der Waals surface area contributed by atoms with E-state index >= 15 is 0 Å². The van der Waals surface area contributed by atoms with Crippen molar-refractivity contribution in [1.82, 2.24) is 4.90 Å². The van der Waals surface area contributed by atoms with Crippen molar-refractivity contribution < 1.29 is 9.53 Å². The summed E-state index contributed by atoms with van der Waals surface area (Å²) in [6, 6.07) is 0.878. The minimum Gasteiger partial charge on any atom is -0.450 e. The van der Waals surface area contributed by atoms with E-state index in [2.05, 4.69) is 13.8 Å². The van der Waals surface area contributed by atoms with E-state index in [-0.39, 0.29) is 6.09 Å². The fourth-order valence-electron chi connectivity index (χ4n) is 3.46. The third-order valence-corrected chi connectivity index (χ3v) is 4.43. The lowest BCUT2D eigenvalue weighted by Crippen LogP contribution is -2.55. The minimum atomic E-state index is -0.0793. The quantitative estimate of drug-likeness (QED) is 0.739. The minimum absolute atomic E-state index is 0.0793. The maximum absolute atomic E-state index is 12.0. The second-order valence-electron chi connectivity index (χ2n) is 5.82. The van der Waals surface area contributed by atoms with Gasteiger partial charge in [0.25, 0.3) is 0 Å². The summed E-state index contributed by atoms with van der Waals surface area (Å²) in [7, 11) is 0. The first-order valence-electron chi connectivity index (χ1n) is 7.08. The molecule has 0 aromatic rings. The number of fused-ring (bicyclic) bond motifs is 2. The molecular formula is C14H25NO2. The Morgan fingerprint density at radius 1 is 1.29 bits per heavy atom. The molecule has 0 saturated carbocycles. The van der Waals surface area contributed by atoms with Crippen molar-refractivity contribution in [3.63, 3.8) is 0 Å². The Balaban J connectivity index is 2.07. The maximum Gasteiger partial charge on any atom is 0.410 e. The van der Waals surface area contributed by atoms with Crippen LogP contribution in [0.15, 0.2) is 0 Å². The molecule has 3 heteroatoms. The summed E-state index contributed by atoms with van der Waals surface area (Å²) in [5.74, 6) is 1.53. The highest BCUT2D eigenvalue weighted by molar-refractivity contribution is 5.68. The molecule has 2 saturated heterocycles. The number of nitrogens with zero attached hydrogens (tertiary/aromatic N) is 1. The molecule has 98 valence electrons. The Hall–Kier alpha value is -0.730. The number of ether oxygens (including phenoxy) is 1. The van der Waals surface area contributed by atoms with Crippen LogP contribution >= 0.6 is 0 Å². The fraction of sp³-hybridized carbons (Fsp3) is 0.929. The van der Waals surface area contributed by atoms with Crippen LogP contribution in [0.1, 0.15) is 52.9 Å². The van der Waals surface area contributed by atoms with Crippen molar-refractivity contribution in [1.29, 1.82) is 0 Å². The molecule has 2 atom stereocenters. The van der Waals surface area contributed by atoms with Crippen molar-refractivity contribution in [3.05, 3.63) is 0 Å². The van der Waals surface area contributed by atoms with Crippen molar-refractivity contribution in [2.75, 3.05) is 6.61 Å². The fourth-order valence-corrected chi connectivity index (χ4v) is 3.46. The van der Waals surface area contributed by atoms with Crippen molar-refractivity contribution in [3.8, 4) is 0 Å². The van der Waals surface area contributed by atoms with Crippen LogP contribution in [0, 0.1) is 11.8 Å². The molecule has 1 amide bonds. The summed E-state index contributed by atoms with van der Waals surface area (Å²) in [4.78, 5) is 14.0. The van der Waals surface area contributed by atoms with Gasteiger partial charge in [0, 0.05) is 12.1 Å². The highest BCUT2D eigenvalue weighted by Gasteiger charge is 2.42. The van der Waals surface area contributed by atoms with Gasteiger partial charge in [-0.25, -0.2) is 4.79 Å². The van der Waals surface area contributed by atoms with Gasteiger partial charge in [-0.05, 0) is 50.9 Å². The van der Waals surface area contributed by atoms with E-state index in [1.54, 1.807) is 0 Å². The van der Waals surface area contributed by atoms with Gasteiger partial charge in [-0.1, -0.05) is 13.8 Å². The van der Waals surface area contributed by atoms with Crippen molar-refractivity contribution in [2.24, 2.45) is 11.8 Å². The molecule has 2 fully saturated rings.